The highest BCUT2D eigenvalue weighted by Crippen LogP contribution is 2.14. The topological polar surface area (TPSA) is 90.3 Å². The summed E-state index contributed by atoms with van der Waals surface area (Å²) >= 11 is 1.33. The number of nitrogens with zero attached hydrogens (tertiary/aromatic N) is 2. The van der Waals surface area contributed by atoms with E-state index in [1.165, 1.54) is 28.2 Å². The second kappa shape index (κ2) is 9.09. The van der Waals surface area contributed by atoms with Gasteiger partial charge in [0.15, 0.2) is 0 Å². The van der Waals surface area contributed by atoms with E-state index in [0.29, 0.717) is 10.7 Å². The molecule has 0 aliphatic rings. The number of esters is 1. The Balaban J connectivity index is 1.47. The third-order valence-corrected chi connectivity index (χ3v) is 4.72. The summed E-state index contributed by atoms with van der Waals surface area (Å²) in [5.74, 6) is -0.690. The van der Waals surface area contributed by atoms with Crippen LogP contribution in [0.5, 0.6) is 0 Å². The first-order valence-corrected chi connectivity index (χ1v) is 9.48. The van der Waals surface area contributed by atoms with E-state index < -0.39 is 5.97 Å². The molecule has 1 aromatic carbocycles. The number of pyridine rings is 1. The molecule has 7 nitrogen and oxygen atoms in total. The van der Waals surface area contributed by atoms with Gasteiger partial charge in [-0.25, -0.2) is 4.98 Å². The van der Waals surface area contributed by atoms with Gasteiger partial charge in [0.05, 0.1) is 12.1 Å². The van der Waals surface area contributed by atoms with E-state index in [9.17, 15) is 14.4 Å². The number of aryl methyl sites for hydroxylation is 1. The third kappa shape index (κ3) is 5.62. The number of anilines is 1. The molecule has 3 aromatic rings. The van der Waals surface area contributed by atoms with Crippen molar-refractivity contribution < 1.29 is 14.3 Å². The van der Waals surface area contributed by atoms with Gasteiger partial charge in [0.2, 0.25) is 5.91 Å². The summed E-state index contributed by atoms with van der Waals surface area (Å²) in [6.45, 7) is 1.82. The first kappa shape index (κ1) is 19.5. The highest BCUT2D eigenvalue weighted by Gasteiger charge is 2.11. The molecule has 144 valence electrons. The minimum absolute atomic E-state index is 0.00347. The van der Waals surface area contributed by atoms with Gasteiger partial charge in [-0.3, -0.25) is 14.4 Å². The van der Waals surface area contributed by atoms with E-state index in [4.69, 9.17) is 4.74 Å². The monoisotopic (exact) mass is 397 g/mol. The number of rotatable bonds is 7. The number of benzene rings is 1. The van der Waals surface area contributed by atoms with Gasteiger partial charge in [0.1, 0.15) is 18.2 Å². The van der Waals surface area contributed by atoms with Crippen molar-refractivity contribution in [1.29, 1.82) is 0 Å². The van der Waals surface area contributed by atoms with Crippen LogP contribution >= 0.6 is 11.3 Å². The van der Waals surface area contributed by atoms with Crippen LogP contribution in [0.4, 0.5) is 5.69 Å². The normalized spacial score (nSPS) is 10.5. The predicted molar refractivity (Wildman–Crippen MR) is 106 cm³/mol. The molecule has 0 saturated heterocycles. The van der Waals surface area contributed by atoms with E-state index in [2.05, 4.69) is 10.3 Å². The van der Waals surface area contributed by atoms with Gasteiger partial charge in [-0.2, -0.15) is 0 Å². The van der Waals surface area contributed by atoms with Gasteiger partial charge >= 0.3 is 5.97 Å². The Morgan fingerprint density at radius 3 is 2.71 bits per heavy atom. The Morgan fingerprint density at radius 1 is 1.18 bits per heavy atom. The number of carbonyl (C=O) groups excluding carboxylic acids is 2. The molecule has 1 N–H and O–H groups in total. The predicted octanol–water partition coefficient (Wildman–Crippen LogP) is 2.54. The highest BCUT2D eigenvalue weighted by atomic mass is 32.1. The number of ether oxygens (including phenoxy) is 1. The molecule has 8 heteroatoms. The maximum absolute atomic E-state index is 12.1. The quantitative estimate of drug-likeness (QED) is 0.619. The van der Waals surface area contributed by atoms with Crippen LogP contribution in [0.25, 0.3) is 0 Å². The van der Waals surface area contributed by atoms with Crippen LogP contribution in [-0.4, -0.2) is 21.4 Å². The van der Waals surface area contributed by atoms with Gasteiger partial charge in [0, 0.05) is 23.3 Å². The molecule has 28 heavy (non-hydrogen) atoms. The Labute approximate surface area is 165 Å². The van der Waals surface area contributed by atoms with Crippen LogP contribution in [0, 0.1) is 6.92 Å². The average molecular weight is 397 g/mol. The maximum atomic E-state index is 12.1. The lowest BCUT2D eigenvalue weighted by Crippen LogP contribution is -2.23. The lowest BCUT2D eigenvalue weighted by atomic mass is 10.2. The van der Waals surface area contributed by atoms with Crippen molar-refractivity contribution in [1.82, 2.24) is 9.55 Å². The molecule has 1 amide bonds. The standard InChI is InChI=1S/C20H19N3O4S/c1-14-5-7-15(8-6-14)21-17(24)10-18-22-16(13-28-18)12-27-20(26)11-23-9-3-2-4-19(23)25/h2-9,13H,10-12H2,1H3,(H,21,24). The summed E-state index contributed by atoms with van der Waals surface area (Å²) in [5.41, 5.74) is 2.15. The van der Waals surface area contributed by atoms with E-state index in [0.717, 1.165) is 11.3 Å². The summed E-state index contributed by atoms with van der Waals surface area (Å²) < 4.78 is 6.43. The fourth-order valence-corrected chi connectivity index (χ4v) is 3.18. The number of hydrogen-bond acceptors (Lipinski definition) is 6. The van der Waals surface area contributed by atoms with E-state index in [1.807, 2.05) is 31.2 Å². The smallest absolute Gasteiger partial charge is 0.326 e. The summed E-state index contributed by atoms with van der Waals surface area (Å²) in [4.78, 5) is 39.9. The average Bonchev–Trinajstić information content (AvgIpc) is 3.11. The molecule has 0 aliphatic carbocycles. The molecule has 2 aromatic heterocycles. The van der Waals surface area contributed by atoms with Gasteiger partial charge in [-0.05, 0) is 25.1 Å². The molecular weight excluding hydrogens is 378 g/mol. The zero-order valence-electron chi connectivity index (χ0n) is 15.3. The van der Waals surface area contributed by atoms with E-state index in [1.54, 1.807) is 17.5 Å². The molecular formula is C20H19N3O4S. The molecule has 3 rings (SSSR count). The largest absolute Gasteiger partial charge is 0.458 e. The third-order valence-electron chi connectivity index (χ3n) is 3.83. The molecule has 0 fully saturated rings. The lowest BCUT2D eigenvalue weighted by Gasteiger charge is -2.05. The maximum Gasteiger partial charge on any atom is 0.326 e. The SMILES string of the molecule is Cc1ccc(NC(=O)Cc2nc(COC(=O)Cn3ccccc3=O)cs2)cc1. The number of thiazole rings is 1. The van der Waals surface area contributed by atoms with Gasteiger partial charge in [0.25, 0.3) is 5.56 Å². The highest BCUT2D eigenvalue weighted by molar-refractivity contribution is 7.09. The fraction of sp³-hybridized carbons (Fsp3) is 0.200. The van der Waals surface area contributed by atoms with Gasteiger partial charge < -0.3 is 14.6 Å². The minimum Gasteiger partial charge on any atom is -0.458 e. The van der Waals surface area contributed by atoms with Crippen LogP contribution in [-0.2, 0) is 33.9 Å². The van der Waals surface area contributed by atoms with Crippen molar-refractivity contribution in [2.45, 2.75) is 26.5 Å². The Morgan fingerprint density at radius 2 is 1.96 bits per heavy atom. The van der Waals surface area contributed by atoms with Gasteiger partial charge in [-0.15, -0.1) is 11.3 Å². The molecule has 2 heterocycles. The Bertz CT molecular complexity index is 1020. The Kier molecular flexibility index (Phi) is 6.33. The van der Waals surface area contributed by atoms with Crippen LogP contribution < -0.4 is 10.9 Å². The van der Waals surface area contributed by atoms with Crippen molar-refractivity contribution in [3.05, 3.63) is 80.7 Å². The number of aromatic nitrogens is 2. The van der Waals surface area contributed by atoms with Crippen molar-refractivity contribution in [2.75, 3.05) is 5.32 Å². The van der Waals surface area contributed by atoms with Crippen molar-refractivity contribution >= 4 is 28.9 Å². The number of nitrogens with one attached hydrogen (secondary N) is 1. The Hall–Kier alpha value is -3.26. The van der Waals surface area contributed by atoms with Crippen LogP contribution in [0.2, 0.25) is 0 Å². The number of hydrogen-bond donors (Lipinski definition) is 1. The molecule has 0 aliphatic heterocycles. The molecule has 0 radical (unpaired) electrons. The summed E-state index contributed by atoms with van der Waals surface area (Å²) in [5, 5.41) is 5.20. The zero-order valence-corrected chi connectivity index (χ0v) is 16.1. The molecule has 0 bridgehead atoms. The van der Waals surface area contributed by atoms with E-state index in [-0.39, 0.29) is 31.0 Å². The first-order chi connectivity index (χ1) is 13.5. The number of carbonyl (C=O) groups is 2. The van der Waals surface area contributed by atoms with Gasteiger partial charge in [-0.1, -0.05) is 23.8 Å². The molecule has 0 saturated carbocycles. The molecule has 0 unspecified atom stereocenters. The lowest BCUT2D eigenvalue weighted by molar-refractivity contribution is -0.145. The second-order valence-electron chi connectivity index (χ2n) is 6.15. The summed E-state index contributed by atoms with van der Waals surface area (Å²) in [7, 11) is 0. The van der Waals surface area contributed by atoms with Crippen LogP contribution in [0.1, 0.15) is 16.3 Å². The molecule has 0 atom stereocenters. The summed E-state index contributed by atoms with van der Waals surface area (Å²) in [6, 6.07) is 12.2. The zero-order chi connectivity index (χ0) is 19.9. The second-order valence-corrected chi connectivity index (χ2v) is 7.09. The fourth-order valence-electron chi connectivity index (χ4n) is 2.41. The van der Waals surface area contributed by atoms with Crippen LogP contribution in [0.15, 0.2) is 58.8 Å². The molecule has 0 spiro atoms. The minimum atomic E-state index is -0.528. The van der Waals surface area contributed by atoms with Crippen molar-refractivity contribution in [2.24, 2.45) is 0 Å². The van der Waals surface area contributed by atoms with Crippen LogP contribution in [0.3, 0.4) is 0 Å². The van der Waals surface area contributed by atoms with E-state index >= 15 is 0 Å². The van der Waals surface area contributed by atoms with Crippen molar-refractivity contribution in [3.8, 4) is 0 Å². The number of amides is 1. The van der Waals surface area contributed by atoms with Crippen molar-refractivity contribution in [3.63, 3.8) is 0 Å². The first-order valence-electron chi connectivity index (χ1n) is 8.60. The summed E-state index contributed by atoms with van der Waals surface area (Å²) in [6.07, 6.45) is 1.67.